The number of carbonyl (C=O) groups excluding carboxylic acids is 1. The molecule has 20 heavy (non-hydrogen) atoms. The van der Waals surface area contributed by atoms with Gasteiger partial charge in [-0.1, -0.05) is 6.07 Å². The van der Waals surface area contributed by atoms with E-state index in [0.717, 1.165) is 12.1 Å². The second-order valence-electron chi connectivity index (χ2n) is 5.66. The van der Waals surface area contributed by atoms with Gasteiger partial charge in [-0.15, -0.1) is 0 Å². The van der Waals surface area contributed by atoms with Gasteiger partial charge in [0.25, 0.3) is 5.91 Å². The molecule has 0 aromatic heterocycles. The van der Waals surface area contributed by atoms with Gasteiger partial charge in [-0.25, -0.2) is 4.39 Å². The highest BCUT2D eigenvalue weighted by atomic mass is 19.1. The van der Waals surface area contributed by atoms with Crippen molar-refractivity contribution < 1.29 is 9.18 Å². The molecule has 0 aliphatic carbocycles. The van der Waals surface area contributed by atoms with Crippen molar-refractivity contribution in [2.45, 2.75) is 46.7 Å². The number of nitrogens with one attached hydrogen (secondary N) is 1. The van der Waals surface area contributed by atoms with Crippen molar-refractivity contribution in [1.82, 2.24) is 10.2 Å². The van der Waals surface area contributed by atoms with Crippen LogP contribution >= 0.6 is 0 Å². The monoisotopic (exact) mass is 280 g/mol. The lowest BCUT2D eigenvalue weighted by atomic mass is 10.1. The molecule has 1 amide bonds. The Morgan fingerprint density at radius 3 is 2.35 bits per heavy atom. The first-order valence-electron chi connectivity index (χ1n) is 7.13. The topological polar surface area (TPSA) is 32.3 Å². The molecule has 3 nitrogen and oxygen atoms in total. The summed E-state index contributed by atoms with van der Waals surface area (Å²) in [5.41, 5.74) is 0.918. The average molecular weight is 280 g/mol. The highest BCUT2D eigenvalue weighted by Gasteiger charge is 2.15. The van der Waals surface area contributed by atoms with E-state index in [1.165, 1.54) is 12.1 Å². The van der Waals surface area contributed by atoms with E-state index in [1.54, 1.807) is 13.0 Å². The first-order valence-corrected chi connectivity index (χ1v) is 7.13. The van der Waals surface area contributed by atoms with Crippen LogP contribution in [-0.4, -0.2) is 36.0 Å². The van der Waals surface area contributed by atoms with Crippen LogP contribution in [0.2, 0.25) is 0 Å². The highest BCUT2D eigenvalue weighted by molar-refractivity contribution is 5.94. The molecular weight excluding hydrogens is 255 g/mol. The molecule has 1 aromatic carbocycles. The Labute approximate surface area is 121 Å². The molecule has 0 bridgehead atoms. The molecule has 4 heteroatoms. The summed E-state index contributed by atoms with van der Waals surface area (Å²) in [4.78, 5) is 14.2. The van der Waals surface area contributed by atoms with Crippen LogP contribution in [0, 0.1) is 12.7 Å². The van der Waals surface area contributed by atoms with Crippen LogP contribution < -0.4 is 5.32 Å². The number of amides is 1. The third kappa shape index (κ3) is 4.60. The van der Waals surface area contributed by atoms with Gasteiger partial charge in [0, 0.05) is 25.2 Å². The number of hydrogen-bond donors (Lipinski definition) is 1. The second-order valence-corrected chi connectivity index (χ2v) is 5.66. The minimum absolute atomic E-state index is 0.108. The number of rotatable bonds is 6. The first-order chi connectivity index (χ1) is 9.32. The summed E-state index contributed by atoms with van der Waals surface area (Å²) in [5, 5.41) is 2.78. The highest BCUT2D eigenvalue weighted by Crippen LogP contribution is 2.09. The average Bonchev–Trinajstić information content (AvgIpc) is 2.33. The maximum Gasteiger partial charge on any atom is 0.254 e. The van der Waals surface area contributed by atoms with Gasteiger partial charge >= 0.3 is 0 Å². The maximum absolute atomic E-state index is 13.7. The molecule has 0 spiro atoms. The molecule has 0 fully saturated rings. The van der Waals surface area contributed by atoms with Crippen LogP contribution in [0.5, 0.6) is 0 Å². The third-order valence-corrected chi connectivity index (χ3v) is 3.35. The molecule has 0 unspecified atom stereocenters. The van der Waals surface area contributed by atoms with Crippen molar-refractivity contribution in [3.63, 3.8) is 0 Å². The summed E-state index contributed by atoms with van der Waals surface area (Å²) >= 11 is 0. The number of aryl methyl sites for hydroxylation is 1. The van der Waals surface area contributed by atoms with Gasteiger partial charge in [-0.05, 0) is 52.3 Å². The number of nitrogens with zero attached hydrogens (tertiary/aromatic N) is 1. The van der Waals surface area contributed by atoms with Crippen LogP contribution in [0.1, 0.15) is 43.6 Å². The summed E-state index contributed by atoms with van der Waals surface area (Å²) in [7, 11) is 0. The van der Waals surface area contributed by atoms with Crippen LogP contribution in [0.15, 0.2) is 18.2 Å². The fraction of sp³-hybridized carbons (Fsp3) is 0.562. The van der Waals surface area contributed by atoms with Gasteiger partial charge in [-0.3, -0.25) is 9.69 Å². The zero-order valence-corrected chi connectivity index (χ0v) is 13.0. The molecule has 0 atom stereocenters. The fourth-order valence-electron chi connectivity index (χ4n) is 2.31. The van der Waals surface area contributed by atoms with E-state index in [1.807, 2.05) is 0 Å². The molecular formula is C16H25FN2O. The minimum Gasteiger partial charge on any atom is -0.351 e. The summed E-state index contributed by atoms with van der Waals surface area (Å²) in [6, 6.07) is 5.49. The molecule has 1 rings (SSSR count). The Balaban J connectivity index is 2.55. The molecule has 0 saturated heterocycles. The molecule has 112 valence electrons. The summed E-state index contributed by atoms with van der Waals surface area (Å²) in [6.45, 7) is 11.6. The van der Waals surface area contributed by atoms with Crippen LogP contribution in [-0.2, 0) is 0 Å². The number of hydrogen-bond acceptors (Lipinski definition) is 2. The van der Waals surface area contributed by atoms with Crippen LogP contribution in [0.3, 0.4) is 0 Å². The lowest BCUT2D eigenvalue weighted by Gasteiger charge is -2.30. The van der Waals surface area contributed by atoms with Gasteiger partial charge in [0.15, 0.2) is 0 Å². The Hall–Kier alpha value is -1.42. The maximum atomic E-state index is 13.7. The predicted molar refractivity (Wildman–Crippen MR) is 80.4 cm³/mol. The summed E-state index contributed by atoms with van der Waals surface area (Å²) < 4.78 is 13.7. The quantitative estimate of drug-likeness (QED) is 0.869. The molecule has 0 saturated carbocycles. The van der Waals surface area contributed by atoms with Gasteiger partial charge < -0.3 is 5.32 Å². The summed E-state index contributed by atoms with van der Waals surface area (Å²) in [6.07, 6.45) is 0. The molecule has 0 aliphatic heterocycles. The van der Waals surface area contributed by atoms with Crippen molar-refractivity contribution in [1.29, 1.82) is 0 Å². The second kappa shape index (κ2) is 7.39. The van der Waals surface area contributed by atoms with Gasteiger partial charge in [-0.2, -0.15) is 0 Å². The number of benzene rings is 1. The largest absolute Gasteiger partial charge is 0.351 e. The standard InChI is InChI=1S/C16H25FN2O/c1-11(2)19(12(3)4)9-8-18-16(20)14-7-6-13(5)10-15(14)17/h6-7,10-12H,8-9H2,1-5H3,(H,18,20). The van der Waals surface area contributed by atoms with E-state index in [4.69, 9.17) is 0 Å². The van der Waals surface area contributed by atoms with Crippen molar-refractivity contribution >= 4 is 5.91 Å². The van der Waals surface area contributed by atoms with Crippen LogP contribution in [0.25, 0.3) is 0 Å². The van der Waals surface area contributed by atoms with Crippen molar-refractivity contribution in [2.75, 3.05) is 13.1 Å². The third-order valence-electron chi connectivity index (χ3n) is 3.35. The number of halogens is 1. The summed E-state index contributed by atoms with van der Waals surface area (Å²) in [5.74, 6) is -0.818. The zero-order chi connectivity index (χ0) is 15.3. The molecule has 1 N–H and O–H groups in total. The SMILES string of the molecule is Cc1ccc(C(=O)NCCN(C(C)C)C(C)C)c(F)c1. The number of carbonyl (C=O) groups is 1. The van der Waals surface area contributed by atoms with E-state index in [9.17, 15) is 9.18 Å². The van der Waals surface area contributed by atoms with Crippen LogP contribution in [0.4, 0.5) is 4.39 Å². The smallest absolute Gasteiger partial charge is 0.254 e. The van der Waals surface area contributed by atoms with E-state index in [0.29, 0.717) is 18.6 Å². The van der Waals surface area contributed by atoms with E-state index < -0.39 is 5.82 Å². The fourth-order valence-corrected chi connectivity index (χ4v) is 2.31. The van der Waals surface area contributed by atoms with E-state index in [-0.39, 0.29) is 11.5 Å². The lowest BCUT2D eigenvalue weighted by Crippen LogP contribution is -2.42. The Bertz CT molecular complexity index is 450. The first kappa shape index (κ1) is 16.6. The molecule has 0 heterocycles. The Kier molecular flexibility index (Phi) is 6.14. The minimum atomic E-state index is -0.466. The van der Waals surface area contributed by atoms with Crippen molar-refractivity contribution in [3.05, 3.63) is 35.1 Å². The van der Waals surface area contributed by atoms with Gasteiger partial charge in [0.2, 0.25) is 0 Å². The molecule has 0 aliphatic rings. The zero-order valence-electron chi connectivity index (χ0n) is 13.0. The van der Waals surface area contributed by atoms with E-state index >= 15 is 0 Å². The Morgan fingerprint density at radius 1 is 1.25 bits per heavy atom. The van der Waals surface area contributed by atoms with Crippen molar-refractivity contribution in [2.24, 2.45) is 0 Å². The normalized spacial score (nSPS) is 11.4. The predicted octanol–water partition coefficient (Wildman–Crippen LogP) is 2.98. The van der Waals surface area contributed by atoms with E-state index in [2.05, 4.69) is 37.9 Å². The van der Waals surface area contributed by atoms with Gasteiger partial charge in [0.05, 0.1) is 5.56 Å². The molecule has 1 aromatic rings. The van der Waals surface area contributed by atoms with Gasteiger partial charge in [0.1, 0.15) is 5.82 Å². The molecule has 0 radical (unpaired) electrons. The van der Waals surface area contributed by atoms with Crippen molar-refractivity contribution in [3.8, 4) is 0 Å². The Morgan fingerprint density at radius 2 is 1.85 bits per heavy atom. The lowest BCUT2D eigenvalue weighted by molar-refractivity contribution is 0.0935.